The molecule has 0 aliphatic rings. The monoisotopic (exact) mass is 328 g/mol. The summed E-state index contributed by atoms with van der Waals surface area (Å²) in [4.78, 5) is 0. The van der Waals surface area contributed by atoms with Crippen LogP contribution in [0.1, 0.15) is 23.1 Å². The number of nitrogens with one attached hydrogen (secondary N) is 2. The van der Waals surface area contributed by atoms with Crippen LogP contribution in [-0.2, 0) is 13.2 Å². The largest absolute Gasteiger partial charge is 0.489 e. The lowest BCUT2D eigenvalue weighted by atomic mass is 10.1. The van der Waals surface area contributed by atoms with E-state index in [1.807, 2.05) is 12.1 Å². The molecule has 24 heavy (non-hydrogen) atoms. The van der Waals surface area contributed by atoms with Gasteiger partial charge in [-0.1, -0.05) is 42.0 Å². The molecule has 0 aromatic heterocycles. The predicted molar refractivity (Wildman–Crippen MR) is 98.2 cm³/mol. The summed E-state index contributed by atoms with van der Waals surface area (Å²) in [5.74, 6) is 0.897. The molecule has 130 valence electrons. The molecule has 0 saturated heterocycles. The van der Waals surface area contributed by atoms with Crippen molar-refractivity contribution in [2.75, 3.05) is 26.2 Å². The second-order valence-electron chi connectivity index (χ2n) is 5.93. The van der Waals surface area contributed by atoms with Gasteiger partial charge in [0.2, 0.25) is 0 Å². The van der Waals surface area contributed by atoms with Gasteiger partial charge in [0.15, 0.2) is 0 Å². The van der Waals surface area contributed by atoms with E-state index < -0.39 is 0 Å². The van der Waals surface area contributed by atoms with Crippen molar-refractivity contribution in [1.29, 1.82) is 0 Å². The summed E-state index contributed by atoms with van der Waals surface area (Å²) in [7, 11) is 0. The molecule has 0 heterocycles. The van der Waals surface area contributed by atoms with Crippen molar-refractivity contribution in [1.82, 2.24) is 10.6 Å². The zero-order valence-electron chi connectivity index (χ0n) is 14.4. The maximum atomic E-state index is 8.67. The Hall–Kier alpha value is -1.88. The first kappa shape index (κ1) is 18.5. The van der Waals surface area contributed by atoms with E-state index >= 15 is 0 Å². The van der Waals surface area contributed by atoms with Gasteiger partial charge >= 0.3 is 0 Å². The molecule has 0 atom stereocenters. The minimum absolute atomic E-state index is 0.200. The molecular formula is C20H28N2O2. The van der Waals surface area contributed by atoms with Crippen LogP contribution in [0.2, 0.25) is 0 Å². The van der Waals surface area contributed by atoms with E-state index in [-0.39, 0.29) is 6.61 Å². The van der Waals surface area contributed by atoms with Crippen LogP contribution in [0, 0.1) is 6.92 Å². The van der Waals surface area contributed by atoms with Gasteiger partial charge in [-0.05, 0) is 49.7 Å². The zero-order chi connectivity index (χ0) is 17.0. The molecule has 4 nitrogen and oxygen atoms in total. The number of hydrogen-bond donors (Lipinski definition) is 3. The van der Waals surface area contributed by atoms with Gasteiger partial charge < -0.3 is 20.5 Å². The van der Waals surface area contributed by atoms with Gasteiger partial charge in [-0.25, -0.2) is 0 Å². The molecule has 0 bridgehead atoms. The minimum Gasteiger partial charge on any atom is -0.489 e. The van der Waals surface area contributed by atoms with E-state index in [2.05, 4.69) is 54.0 Å². The average Bonchev–Trinajstić information content (AvgIpc) is 2.60. The van der Waals surface area contributed by atoms with Crippen molar-refractivity contribution in [2.24, 2.45) is 0 Å². The Morgan fingerprint density at radius 3 is 2.46 bits per heavy atom. The lowest BCUT2D eigenvalue weighted by molar-refractivity contribution is 0.292. The van der Waals surface area contributed by atoms with E-state index in [0.717, 1.165) is 31.8 Å². The lowest BCUT2D eigenvalue weighted by Gasteiger charge is -2.09. The highest BCUT2D eigenvalue weighted by Crippen LogP contribution is 2.14. The Labute approximate surface area is 144 Å². The fourth-order valence-electron chi connectivity index (χ4n) is 2.45. The lowest BCUT2D eigenvalue weighted by Crippen LogP contribution is -2.23. The van der Waals surface area contributed by atoms with Gasteiger partial charge in [-0.15, -0.1) is 0 Å². The fraction of sp³-hybridized carbons (Fsp3) is 0.400. The first-order chi connectivity index (χ1) is 11.8. The number of rotatable bonds is 11. The van der Waals surface area contributed by atoms with Gasteiger partial charge in [0.05, 0.1) is 6.61 Å². The number of hydrogen-bond acceptors (Lipinski definition) is 4. The SMILES string of the molecule is Cc1cccc(COc2ccc(CNCCCNCCO)cc2)c1. The van der Waals surface area contributed by atoms with Gasteiger partial charge in [0.25, 0.3) is 0 Å². The highest BCUT2D eigenvalue weighted by molar-refractivity contribution is 5.28. The van der Waals surface area contributed by atoms with Crippen LogP contribution < -0.4 is 15.4 Å². The topological polar surface area (TPSA) is 53.5 Å². The van der Waals surface area contributed by atoms with E-state index in [0.29, 0.717) is 13.2 Å². The predicted octanol–water partition coefficient (Wildman–Crippen LogP) is 2.64. The standard InChI is InChI=1S/C20H28N2O2/c1-17-4-2-5-19(14-17)16-24-20-8-6-18(7-9-20)15-22-11-3-10-21-12-13-23/h2,4-9,14,21-23H,3,10-13,15-16H2,1H3. The van der Waals surface area contributed by atoms with Gasteiger partial charge in [0, 0.05) is 13.1 Å². The third kappa shape index (κ3) is 7.13. The highest BCUT2D eigenvalue weighted by atomic mass is 16.5. The Balaban J connectivity index is 1.65. The normalized spacial score (nSPS) is 10.8. The zero-order valence-corrected chi connectivity index (χ0v) is 14.4. The molecule has 2 rings (SSSR count). The summed E-state index contributed by atoms with van der Waals surface area (Å²) in [6.45, 7) is 6.31. The molecular weight excluding hydrogens is 300 g/mol. The van der Waals surface area contributed by atoms with Crippen LogP contribution in [0.5, 0.6) is 5.75 Å². The summed E-state index contributed by atoms with van der Waals surface area (Å²) < 4.78 is 5.83. The molecule has 0 radical (unpaired) electrons. The molecule has 4 heteroatoms. The first-order valence-electron chi connectivity index (χ1n) is 8.57. The third-order valence-corrected chi connectivity index (χ3v) is 3.74. The quantitative estimate of drug-likeness (QED) is 0.555. The van der Waals surface area contributed by atoms with Gasteiger partial charge in [0.1, 0.15) is 12.4 Å². The molecule has 2 aromatic carbocycles. The van der Waals surface area contributed by atoms with Gasteiger partial charge in [-0.3, -0.25) is 0 Å². The Bertz CT molecular complexity index is 584. The summed E-state index contributed by atoms with van der Waals surface area (Å²) in [6, 6.07) is 16.6. The van der Waals surface area contributed by atoms with Crippen molar-refractivity contribution >= 4 is 0 Å². The number of aliphatic hydroxyl groups excluding tert-OH is 1. The molecule has 0 fully saturated rings. The summed E-state index contributed by atoms with van der Waals surface area (Å²) in [5.41, 5.74) is 3.70. The maximum absolute atomic E-state index is 8.67. The van der Waals surface area contributed by atoms with Crippen LogP contribution in [0.4, 0.5) is 0 Å². The van der Waals surface area contributed by atoms with Crippen LogP contribution >= 0.6 is 0 Å². The Kier molecular flexibility index (Phi) is 8.32. The second kappa shape index (κ2) is 10.8. The van der Waals surface area contributed by atoms with Crippen LogP contribution in [0.3, 0.4) is 0 Å². The maximum Gasteiger partial charge on any atom is 0.119 e. The number of ether oxygens (including phenoxy) is 1. The molecule has 0 unspecified atom stereocenters. The summed E-state index contributed by atoms with van der Waals surface area (Å²) >= 11 is 0. The first-order valence-corrected chi connectivity index (χ1v) is 8.57. The van der Waals surface area contributed by atoms with E-state index in [1.54, 1.807) is 0 Å². The Morgan fingerprint density at radius 2 is 1.71 bits per heavy atom. The molecule has 0 aliphatic carbocycles. The smallest absolute Gasteiger partial charge is 0.119 e. The third-order valence-electron chi connectivity index (χ3n) is 3.74. The highest BCUT2D eigenvalue weighted by Gasteiger charge is 1.98. The summed E-state index contributed by atoms with van der Waals surface area (Å²) in [5, 5.41) is 15.3. The van der Waals surface area contributed by atoms with Crippen molar-refractivity contribution < 1.29 is 9.84 Å². The van der Waals surface area contributed by atoms with E-state index in [1.165, 1.54) is 16.7 Å². The molecule has 0 amide bonds. The molecule has 0 saturated carbocycles. The fourth-order valence-corrected chi connectivity index (χ4v) is 2.45. The van der Waals surface area contributed by atoms with E-state index in [9.17, 15) is 0 Å². The van der Waals surface area contributed by atoms with Gasteiger partial charge in [-0.2, -0.15) is 0 Å². The minimum atomic E-state index is 0.200. The number of benzene rings is 2. The van der Waals surface area contributed by atoms with E-state index in [4.69, 9.17) is 9.84 Å². The second-order valence-corrected chi connectivity index (χ2v) is 5.93. The average molecular weight is 328 g/mol. The van der Waals surface area contributed by atoms with Crippen molar-refractivity contribution in [2.45, 2.75) is 26.5 Å². The molecule has 2 aromatic rings. The number of aryl methyl sites for hydroxylation is 1. The molecule has 3 N–H and O–H groups in total. The van der Waals surface area contributed by atoms with Crippen LogP contribution in [0.15, 0.2) is 48.5 Å². The summed E-state index contributed by atoms with van der Waals surface area (Å²) in [6.07, 6.45) is 1.05. The molecule has 0 spiro atoms. The number of aliphatic hydroxyl groups is 1. The van der Waals surface area contributed by atoms with Crippen molar-refractivity contribution in [3.8, 4) is 5.75 Å². The van der Waals surface area contributed by atoms with Crippen LogP contribution in [0.25, 0.3) is 0 Å². The Morgan fingerprint density at radius 1 is 0.917 bits per heavy atom. The van der Waals surface area contributed by atoms with Crippen LogP contribution in [-0.4, -0.2) is 31.3 Å². The van der Waals surface area contributed by atoms with Crippen molar-refractivity contribution in [3.05, 3.63) is 65.2 Å². The molecule has 0 aliphatic heterocycles. The van der Waals surface area contributed by atoms with Crippen molar-refractivity contribution in [3.63, 3.8) is 0 Å².